The Kier molecular flexibility index (Phi) is 5.88. The van der Waals surface area contributed by atoms with Crippen molar-refractivity contribution in [2.45, 2.75) is 32.5 Å². The molecule has 0 unspecified atom stereocenters. The van der Waals surface area contributed by atoms with Gasteiger partial charge in [0.25, 0.3) is 0 Å². The van der Waals surface area contributed by atoms with Crippen LogP contribution in [0.4, 0.5) is 18.9 Å². The van der Waals surface area contributed by atoms with Crippen LogP contribution in [0.25, 0.3) is 0 Å². The highest BCUT2D eigenvalue weighted by atomic mass is 32.1. The fourth-order valence-corrected chi connectivity index (χ4v) is 2.41. The monoisotopic (exact) mass is 356 g/mol. The number of nitrogens with zero attached hydrogens (tertiary/aromatic N) is 1. The molecule has 7 heteroatoms. The van der Waals surface area contributed by atoms with Crippen LogP contribution in [0.3, 0.4) is 0 Å². The van der Waals surface area contributed by atoms with Crippen LogP contribution in [0, 0.1) is 0 Å². The predicted octanol–water partition coefficient (Wildman–Crippen LogP) is 5.16. The highest BCUT2D eigenvalue weighted by Crippen LogP contribution is 2.21. The minimum Gasteiger partial charge on any atom is -0.467 e. The number of thiocarbonyl (C=S) groups is 1. The highest BCUT2D eigenvalue weighted by Gasteiger charge is 2.32. The van der Waals surface area contributed by atoms with Crippen molar-refractivity contribution in [1.29, 1.82) is 0 Å². The van der Waals surface area contributed by atoms with Crippen molar-refractivity contribution in [1.82, 2.24) is 4.90 Å². The van der Waals surface area contributed by atoms with Gasteiger partial charge in [-0.2, -0.15) is 13.2 Å². The van der Waals surface area contributed by atoms with Gasteiger partial charge in [-0.1, -0.05) is 26.0 Å². The largest absolute Gasteiger partial charge is 0.467 e. The molecule has 0 aliphatic carbocycles. The Morgan fingerprint density at radius 3 is 2.38 bits per heavy atom. The Labute approximate surface area is 144 Å². The molecule has 0 saturated heterocycles. The molecule has 24 heavy (non-hydrogen) atoms. The standard InChI is InChI=1S/C17H19F3N2OS/c1-12(2)13-5-7-14(8-6-13)21-16(24)22(11-17(18,19)20)10-15-4-3-9-23-15/h3-9,12H,10-11H2,1-2H3,(H,21,24). The van der Waals surface area contributed by atoms with Crippen molar-refractivity contribution in [3.63, 3.8) is 0 Å². The Bertz CT molecular complexity index is 651. The van der Waals surface area contributed by atoms with E-state index in [2.05, 4.69) is 19.2 Å². The summed E-state index contributed by atoms with van der Waals surface area (Å²) < 4.78 is 43.6. The molecular formula is C17H19F3N2OS. The lowest BCUT2D eigenvalue weighted by Crippen LogP contribution is -2.40. The molecule has 0 aliphatic heterocycles. The lowest BCUT2D eigenvalue weighted by molar-refractivity contribution is -0.138. The van der Waals surface area contributed by atoms with Gasteiger partial charge in [0.05, 0.1) is 12.8 Å². The summed E-state index contributed by atoms with van der Waals surface area (Å²) in [6.45, 7) is 2.94. The maximum atomic E-state index is 12.8. The molecule has 1 heterocycles. The summed E-state index contributed by atoms with van der Waals surface area (Å²) >= 11 is 5.16. The van der Waals surface area contributed by atoms with Gasteiger partial charge in [-0.05, 0) is 48.0 Å². The van der Waals surface area contributed by atoms with Crippen LogP contribution >= 0.6 is 12.2 Å². The van der Waals surface area contributed by atoms with E-state index in [0.717, 1.165) is 10.5 Å². The topological polar surface area (TPSA) is 28.4 Å². The first kappa shape index (κ1) is 18.3. The zero-order valence-corrected chi connectivity index (χ0v) is 14.2. The number of hydrogen-bond donors (Lipinski definition) is 1. The van der Waals surface area contributed by atoms with Gasteiger partial charge in [-0.25, -0.2) is 0 Å². The lowest BCUT2D eigenvalue weighted by atomic mass is 10.0. The van der Waals surface area contributed by atoms with E-state index in [-0.39, 0.29) is 11.7 Å². The quantitative estimate of drug-likeness (QED) is 0.749. The maximum absolute atomic E-state index is 12.8. The van der Waals surface area contributed by atoms with E-state index in [4.69, 9.17) is 16.6 Å². The number of benzene rings is 1. The van der Waals surface area contributed by atoms with Crippen LogP contribution in [0.2, 0.25) is 0 Å². The molecule has 1 N–H and O–H groups in total. The van der Waals surface area contributed by atoms with Crippen molar-refractivity contribution in [3.8, 4) is 0 Å². The summed E-state index contributed by atoms with van der Waals surface area (Å²) in [5.41, 5.74) is 1.80. The second-order valence-electron chi connectivity index (χ2n) is 5.76. The van der Waals surface area contributed by atoms with Gasteiger partial charge < -0.3 is 14.6 Å². The number of nitrogens with one attached hydrogen (secondary N) is 1. The van der Waals surface area contributed by atoms with Crippen molar-refractivity contribution in [2.24, 2.45) is 0 Å². The molecule has 0 atom stereocenters. The second-order valence-corrected chi connectivity index (χ2v) is 6.14. The number of hydrogen-bond acceptors (Lipinski definition) is 2. The molecular weight excluding hydrogens is 337 g/mol. The van der Waals surface area contributed by atoms with Crippen LogP contribution in [0.1, 0.15) is 31.1 Å². The molecule has 0 saturated carbocycles. The van der Waals surface area contributed by atoms with Crippen molar-refractivity contribution < 1.29 is 17.6 Å². The third-order valence-corrected chi connectivity index (χ3v) is 3.77. The van der Waals surface area contributed by atoms with E-state index < -0.39 is 12.7 Å². The Balaban J connectivity index is 2.08. The van der Waals surface area contributed by atoms with Crippen LogP contribution in [0.5, 0.6) is 0 Å². The summed E-state index contributed by atoms with van der Waals surface area (Å²) in [7, 11) is 0. The van der Waals surface area contributed by atoms with E-state index in [1.165, 1.54) is 6.26 Å². The molecule has 0 radical (unpaired) electrons. The number of furan rings is 1. The summed E-state index contributed by atoms with van der Waals surface area (Å²) in [6.07, 6.45) is -2.94. The smallest absolute Gasteiger partial charge is 0.406 e. The lowest BCUT2D eigenvalue weighted by Gasteiger charge is -2.26. The van der Waals surface area contributed by atoms with Gasteiger partial charge in [-0.15, -0.1) is 0 Å². The van der Waals surface area contributed by atoms with Gasteiger partial charge in [0.2, 0.25) is 0 Å². The first-order chi connectivity index (χ1) is 11.2. The Hall–Kier alpha value is -2.02. The van der Waals surface area contributed by atoms with Crippen LogP contribution < -0.4 is 5.32 Å². The van der Waals surface area contributed by atoms with Crippen molar-refractivity contribution >= 4 is 23.0 Å². The van der Waals surface area contributed by atoms with E-state index in [1.807, 2.05) is 12.1 Å². The van der Waals surface area contributed by atoms with Crippen LogP contribution in [-0.4, -0.2) is 22.7 Å². The van der Waals surface area contributed by atoms with Gasteiger partial charge in [0, 0.05) is 5.69 Å². The average Bonchev–Trinajstić information content (AvgIpc) is 2.98. The number of rotatable bonds is 5. The number of alkyl halides is 3. The normalized spacial score (nSPS) is 11.6. The second kappa shape index (κ2) is 7.70. The molecule has 2 aromatic rings. The summed E-state index contributed by atoms with van der Waals surface area (Å²) in [4.78, 5) is 1.03. The third-order valence-electron chi connectivity index (χ3n) is 3.41. The van der Waals surface area contributed by atoms with Crippen LogP contribution in [0.15, 0.2) is 47.1 Å². The molecule has 0 aliphatic rings. The van der Waals surface area contributed by atoms with Crippen LogP contribution in [-0.2, 0) is 6.54 Å². The summed E-state index contributed by atoms with van der Waals surface area (Å²) in [6, 6.07) is 10.7. The third kappa shape index (κ3) is 5.56. The Morgan fingerprint density at radius 1 is 1.21 bits per heavy atom. The molecule has 2 rings (SSSR count). The first-order valence-corrected chi connectivity index (χ1v) is 7.90. The van der Waals surface area contributed by atoms with Crippen molar-refractivity contribution in [3.05, 3.63) is 54.0 Å². The number of halogens is 3. The fraction of sp³-hybridized carbons (Fsp3) is 0.353. The van der Waals surface area contributed by atoms with Crippen molar-refractivity contribution in [2.75, 3.05) is 11.9 Å². The summed E-state index contributed by atoms with van der Waals surface area (Å²) in [5, 5.41) is 2.86. The average molecular weight is 356 g/mol. The highest BCUT2D eigenvalue weighted by molar-refractivity contribution is 7.80. The SMILES string of the molecule is CC(C)c1ccc(NC(=S)N(Cc2ccco2)CC(F)(F)F)cc1. The zero-order valence-electron chi connectivity index (χ0n) is 13.4. The van der Waals surface area contributed by atoms with Gasteiger partial charge in [0.15, 0.2) is 5.11 Å². The Morgan fingerprint density at radius 2 is 1.88 bits per heavy atom. The van der Waals surface area contributed by atoms with E-state index in [0.29, 0.717) is 17.4 Å². The van der Waals surface area contributed by atoms with E-state index >= 15 is 0 Å². The molecule has 130 valence electrons. The van der Waals surface area contributed by atoms with E-state index in [9.17, 15) is 13.2 Å². The number of anilines is 1. The molecule has 0 bridgehead atoms. The van der Waals surface area contributed by atoms with Gasteiger partial charge >= 0.3 is 6.18 Å². The molecule has 0 spiro atoms. The molecule has 0 fully saturated rings. The van der Waals surface area contributed by atoms with E-state index in [1.54, 1.807) is 24.3 Å². The summed E-state index contributed by atoms with van der Waals surface area (Å²) in [5.74, 6) is 0.797. The van der Waals surface area contributed by atoms with Gasteiger partial charge in [-0.3, -0.25) is 0 Å². The molecule has 1 aromatic heterocycles. The molecule has 0 amide bonds. The molecule has 1 aromatic carbocycles. The first-order valence-electron chi connectivity index (χ1n) is 7.49. The predicted molar refractivity (Wildman–Crippen MR) is 91.9 cm³/mol. The maximum Gasteiger partial charge on any atom is 0.406 e. The van der Waals surface area contributed by atoms with Gasteiger partial charge in [0.1, 0.15) is 12.3 Å². The minimum atomic E-state index is -4.36. The minimum absolute atomic E-state index is 0.000946. The molecule has 3 nitrogen and oxygen atoms in total. The zero-order chi connectivity index (χ0) is 17.7. The fourth-order valence-electron chi connectivity index (χ4n) is 2.16.